The second-order valence-corrected chi connectivity index (χ2v) is 13.5. The number of hydrogen-bond donors (Lipinski definition) is 1. The van der Waals surface area contributed by atoms with Crippen molar-refractivity contribution in [3.8, 4) is 0 Å². The Hall–Kier alpha value is -3.72. The predicted octanol–water partition coefficient (Wildman–Crippen LogP) is 7.84. The number of benzene rings is 3. The van der Waals surface area contributed by atoms with E-state index < -0.39 is 0 Å². The minimum absolute atomic E-state index is 0.280. The number of carbonyl (C=O) groups is 1. The van der Waals surface area contributed by atoms with Crippen molar-refractivity contribution in [2.75, 3.05) is 29.9 Å². The lowest BCUT2D eigenvalue weighted by Crippen LogP contribution is -2.45. The SMILES string of the molecule is Cc1nc2c(n1C1C[C@H]3CC[C@H](C1)N3CCCN(C(=O)Nc1ccc(Cl)cc1)c1cccc(F)c1)CCN(Cc1ccccc1)C2. The Morgan fingerprint density at radius 1 is 1.00 bits per heavy atom. The molecule has 0 spiro atoms. The lowest BCUT2D eigenvalue weighted by Gasteiger charge is -2.41. The Kier molecular flexibility index (Phi) is 9.11. The number of nitrogens with zero attached hydrogens (tertiary/aromatic N) is 5. The van der Waals surface area contributed by atoms with Gasteiger partial charge in [0.25, 0.3) is 0 Å². The molecule has 2 fully saturated rings. The monoisotopic (exact) mass is 640 g/mol. The van der Waals surface area contributed by atoms with E-state index >= 15 is 0 Å². The average molecular weight is 641 g/mol. The normalized spacial score (nSPS) is 21.2. The fourth-order valence-electron chi connectivity index (χ4n) is 8.00. The first-order chi connectivity index (χ1) is 22.4. The first-order valence-electron chi connectivity index (χ1n) is 16.6. The number of hydrogen-bond acceptors (Lipinski definition) is 4. The molecule has 2 atom stereocenters. The van der Waals surface area contributed by atoms with Gasteiger partial charge in [0.15, 0.2) is 0 Å². The highest BCUT2D eigenvalue weighted by Crippen LogP contribution is 2.42. The lowest BCUT2D eigenvalue weighted by atomic mass is 9.95. The molecule has 3 aromatic carbocycles. The molecule has 3 aliphatic heterocycles. The van der Waals surface area contributed by atoms with Gasteiger partial charge in [-0.15, -0.1) is 0 Å². The van der Waals surface area contributed by atoms with Gasteiger partial charge in [-0.25, -0.2) is 14.2 Å². The van der Waals surface area contributed by atoms with Gasteiger partial charge in [0, 0.05) is 79.4 Å². The Morgan fingerprint density at radius 3 is 2.50 bits per heavy atom. The summed E-state index contributed by atoms with van der Waals surface area (Å²) in [5.41, 5.74) is 5.25. The van der Waals surface area contributed by atoms with Gasteiger partial charge in [0.2, 0.25) is 0 Å². The number of anilines is 2. The van der Waals surface area contributed by atoms with Crippen LogP contribution in [0.4, 0.5) is 20.6 Å². The van der Waals surface area contributed by atoms with Crippen LogP contribution in [0.15, 0.2) is 78.9 Å². The van der Waals surface area contributed by atoms with Crippen molar-refractivity contribution in [3.05, 3.63) is 112 Å². The summed E-state index contributed by atoms with van der Waals surface area (Å²) in [6.07, 6.45) is 6.56. The largest absolute Gasteiger partial charge is 0.329 e. The average Bonchev–Trinajstić information content (AvgIpc) is 3.50. The number of carbonyl (C=O) groups excluding carboxylic acids is 1. The molecule has 7 rings (SSSR count). The van der Waals surface area contributed by atoms with Crippen molar-refractivity contribution in [3.63, 3.8) is 0 Å². The summed E-state index contributed by atoms with van der Waals surface area (Å²) in [4.78, 5) is 25.3. The Labute approximate surface area is 276 Å². The van der Waals surface area contributed by atoms with E-state index in [9.17, 15) is 9.18 Å². The van der Waals surface area contributed by atoms with Crippen molar-refractivity contribution in [1.29, 1.82) is 0 Å². The first kappa shape index (κ1) is 30.9. The van der Waals surface area contributed by atoms with Crippen molar-refractivity contribution in [2.24, 2.45) is 0 Å². The van der Waals surface area contributed by atoms with Crippen LogP contribution in [0.2, 0.25) is 5.02 Å². The van der Waals surface area contributed by atoms with E-state index in [4.69, 9.17) is 16.6 Å². The van der Waals surface area contributed by atoms with Gasteiger partial charge in [0.1, 0.15) is 11.6 Å². The second kappa shape index (κ2) is 13.6. The fourth-order valence-corrected chi connectivity index (χ4v) is 8.13. The number of imidazole rings is 1. The van der Waals surface area contributed by atoms with Crippen LogP contribution in [0.1, 0.15) is 60.9 Å². The molecule has 2 saturated heterocycles. The zero-order valence-corrected chi connectivity index (χ0v) is 27.2. The number of amides is 2. The van der Waals surface area contributed by atoms with E-state index in [1.807, 2.05) is 0 Å². The van der Waals surface area contributed by atoms with Crippen LogP contribution in [0.25, 0.3) is 0 Å². The molecule has 46 heavy (non-hydrogen) atoms. The highest BCUT2D eigenvalue weighted by atomic mass is 35.5. The molecule has 2 amide bonds. The maximum Gasteiger partial charge on any atom is 0.326 e. The van der Waals surface area contributed by atoms with Gasteiger partial charge in [-0.2, -0.15) is 0 Å². The third-order valence-electron chi connectivity index (χ3n) is 10.0. The van der Waals surface area contributed by atoms with Crippen LogP contribution in [-0.4, -0.2) is 57.1 Å². The molecule has 0 unspecified atom stereocenters. The van der Waals surface area contributed by atoms with Crippen molar-refractivity contribution < 1.29 is 9.18 Å². The lowest BCUT2D eigenvalue weighted by molar-refractivity contribution is 0.104. The van der Waals surface area contributed by atoms with Crippen LogP contribution >= 0.6 is 11.6 Å². The maximum absolute atomic E-state index is 14.2. The molecule has 240 valence electrons. The number of rotatable bonds is 9. The van der Waals surface area contributed by atoms with Crippen LogP contribution in [0.3, 0.4) is 0 Å². The van der Waals surface area contributed by atoms with Gasteiger partial charge < -0.3 is 9.88 Å². The number of nitrogens with one attached hydrogen (secondary N) is 1. The number of aromatic nitrogens is 2. The summed E-state index contributed by atoms with van der Waals surface area (Å²) >= 11 is 6.03. The zero-order chi connectivity index (χ0) is 31.6. The van der Waals surface area contributed by atoms with E-state index in [0.29, 0.717) is 41.1 Å². The zero-order valence-electron chi connectivity index (χ0n) is 26.4. The van der Waals surface area contributed by atoms with E-state index in [1.54, 1.807) is 41.3 Å². The molecule has 0 aliphatic carbocycles. The summed E-state index contributed by atoms with van der Waals surface area (Å²) in [5, 5.41) is 3.56. The van der Waals surface area contributed by atoms with E-state index in [2.05, 4.69) is 56.9 Å². The van der Waals surface area contributed by atoms with Crippen LogP contribution in [0, 0.1) is 12.7 Å². The summed E-state index contributed by atoms with van der Waals surface area (Å²) in [5.74, 6) is 0.796. The van der Waals surface area contributed by atoms with Gasteiger partial charge in [-0.05, 0) is 87.1 Å². The summed E-state index contributed by atoms with van der Waals surface area (Å²) < 4.78 is 16.8. The fraction of sp³-hybridized carbons (Fsp3) is 0.405. The molecule has 1 aromatic heterocycles. The van der Waals surface area contributed by atoms with Crippen LogP contribution < -0.4 is 10.2 Å². The molecule has 9 heteroatoms. The molecular weight excluding hydrogens is 599 g/mol. The highest BCUT2D eigenvalue weighted by Gasteiger charge is 2.42. The number of fused-ring (bicyclic) bond motifs is 3. The molecular formula is C37H42ClFN6O. The minimum Gasteiger partial charge on any atom is -0.329 e. The Morgan fingerprint density at radius 2 is 1.76 bits per heavy atom. The molecule has 0 saturated carbocycles. The quantitative estimate of drug-likeness (QED) is 0.203. The van der Waals surface area contributed by atoms with Crippen LogP contribution in [0.5, 0.6) is 0 Å². The van der Waals surface area contributed by atoms with Crippen molar-refractivity contribution >= 4 is 29.0 Å². The minimum atomic E-state index is -0.359. The smallest absolute Gasteiger partial charge is 0.326 e. The summed E-state index contributed by atoms with van der Waals surface area (Å²) in [7, 11) is 0. The highest BCUT2D eigenvalue weighted by molar-refractivity contribution is 6.30. The van der Waals surface area contributed by atoms with E-state index in [1.165, 1.54) is 41.9 Å². The van der Waals surface area contributed by atoms with Crippen molar-refractivity contribution in [1.82, 2.24) is 19.4 Å². The summed E-state index contributed by atoms with van der Waals surface area (Å²) in [6, 6.07) is 25.3. The van der Waals surface area contributed by atoms with E-state index in [-0.39, 0.29) is 11.8 Å². The Balaban J connectivity index is 0.986. The van der Waals surface area contributed by atoms with Gasteiger partial charge in [-0.1, -0.05) is 48.0 Å². The molecule has 1 N–H and O–H groups in total. The molecule has 2 bridgehead atoms. The Bertz CT molecular complexity index is 1650. The predicted molar refractivity (Wildman–Crippen MR) is 182 cm³/mol. The maximum atomic E-state index is 14.2. The number of urea groups is 1. The van der Waals surface area contributed by atoms with Gasteiger partial charge >= 0.3 is 6.03 Å². The first-order valence-corrected chi connectivity index (χ1v) is 17.0. The summed E-state index contributed by atoms with van der Waals surface area (Å²) in [6.45, 7) is 6.54. The molecule has 7 nitrogen and oxygen atoms in total. The second-order valence-electron chi connectivity index (χ2n) is 13.0. The van der Waals surface area contributed by atoms with Gasteiger partial charge in [0.05, 0.1) is 5.69 Å². The molecule has 0 radical (unpaired) electrons. The third kappa shape index (κ3) is 6.70. The van der Waals surface area contributed by atoms with E-state index in [0.717, 1.165) is 57.7 Å². The van der Waals surface area contributed by atoms with Gasteiger partial charge in [-0.3, -0.25) is 14.7 Å². The molecule has 4 heterocycles. The number of aryl methyl sites for hydroxylation is 1. The topological polar surface area (TPSA) is 56.6 Å². The molecule has 3 aliphatic rings. The standard InChI is InChI=1S/C37H42ClFN6O/c1-26-40-35-25-42(24-27-7-3-2-4-8-27)20-17-36(35)45(26)34-22-32-15-16-33(23-34)43(32)18-6-19-44(31-10-5-9-29(39)21-31)37(46)41-30-13-11-28(38)12-14-30/h2-5,7-14,21,32-34H,6,15-20,22-25H2,1H3,(H,41,46)/t32-,33-/m1/s1. The molecule has 4 aromatic rings. The third-order valence-corrected chi connectivity index (χ3v) is 10.3. The van der Waals surface area contributed by atoms with Crippen molar-refractivity contribution in [2.45, 2.75) is 76.7 Å². The number of piperidine rings is 1. The van der Waals surface area contributed by atoms with Crippen LogP contribution in [-0.2, 0) is 19.5 Å². The number of halogens is 2.